The van der Waals surface area contributed by atoms with Gasteiger partial charge in [-0.25, -0.2) is 4.79 Å². The molecule has 0 saturated heterocycles. The summed E-state index contributed by atoms with van der Waals surface area (Å²) in [7, 11) is 0. The van der Waals surface area contributed by atoms with Crippen molar-refractivity contribution >= 4 is 16.9 Å². The number of benzene rings is 2. The summed E-state index contributed by atoms with van der Waals surface area (Å²) in [6, 6.07) is 15.9. The Labute approximate surface area is 117 Å². The third-order valence-electron chi connectivity index (χ3n) is 3.45. The van der Waals surface area contributed by atoms with Gasteiger partial charge in [0.2, 0.25) is 0 Å². The highest BCUT2D eigenvalue weighted by Gasteiger charge is 2.13. The summed E-state index contributed by atoms with van der Waals surface area (Å²) < 4.78 is 1.99. The van der Waals surface area contributed by atoms with E-state index in [1.54, 1.807) is 6.20 Å². The Balaban J connectivity index is 2.10. The van der Waals surface area contributed by atoms with Gasteiger partial charge < -0.3 is 9.67 Å². The Kier molecular flexibility index (Phi) is 3.03. The van der Waals surface area contributed by atoms with Crippen LogP contribution in [0, 0.1) is 6.92 Å². The van der Waals surface area contributed by atoms with E-state index >= 15 is 0 Å². The van der Waals surface area contributed by atoms with Crippen molar-refractivity contribution in [3.05, 3.63) is 71.4 Å². The van der Waals surface area contributed by atoms with E-state index in [1.165, 1.54) is 11.1 Å². The van der Waals surface area contributed by atoms with Crippen LogP contribution < -0.4 is 0 Å². The lowest BCUT2D eigenvalue weighted by atomic mass is 10.1. The SMILES string of the molecule is Cc1cccc(Cn2cc(C(=O)O)c3ccccc32)c1. The van der Waals surface area contributed by atoms with Gasteiger partial charge in [0.1, 0.15) is 0 Å². The molecule has 0 fully saturated rings. The highest BCUT2D eigenvalue weighted by atomic mass is 16.4. The average Bonchev–Trinajstić information content (AvgIpc) is 2.78. The van der Waals surface area contributed by atoms with Gasteiger partial charge >= 0.3 is 5.97 Å². The van der Waals surface area contributed by atoms with Crippen LogP contribution >= 0.6 is 0 Å². The summed E-state index contributed by atoms with van der Waals surface area (Å²) in [5, 5.41) is 10.1. The van der Waals surface area contributed by atoms with E-state index in [-0.39, 0.29) is 0 Å². The maximum Gasteiger partial charge on any atom is 0.337 e. The fourth-order valence-electron chi connectivity index (χ4n) is 2.56. The molecule has 100 valence electrons. The molecule has 3 aromatic rings. The topological polar surface area (TPSA) is 42.2 Å². The zero-order chi connectivity index (χ0) is 14.1. The smallest absolute Gasteiger partial charge is 0.337 e. The number of aromatic nitrogens is 1. The fraction of sp³-hybridized carbons (Fsp3) is 0.118. The van der Waals surface area contributed by atoms with Crippen LogP contribution in [0.4, 0.5) is 0 Å². The lowest BCUT2D eigenvalue weighted by Crippen LogP contribution is -1.99. The molecule has 0 aliphatic rings. The van der Waals surface area contributed by atoms with Crippen molar-refractivity contribution in [2.45, 2.75) is 13.5 Å². The lowest BCUT2D eigenvalue weighted by Gasteiger charge is -2.06. The monoisotopic (exact) mass is 265 g/mol. The number of carboxylic acids is 1. The van der Waals surface area contributed by atoms with Gasteiger partial charge in [0.05, 0.1) is 5.56 Å². The Morgan fingerprint density at radius 2 is 1.95 bits per heavy atom. The largest absolute Gasteiger partial charge is 0.478 e. The summed E-state index contributed by atoms with van der Waals surface area (Å²) in [6.07, 6.45) is 1.72. The van der Waals surface area contributed by atoms with Crippen molar-refractivity contribution in [3.8, 4) is 0 Å². The molecule has 3 heteroatoms. The molecule has 0 bridgehead atoms. The molecule has 0 unspecified atom stereocenters. The minimum Gasteiger partial charge on any atom is -0.478 e. The van der Waals surface area contributed by atoms with Crippen LogP contribution in [-0.2, 0) is 6.54 Å². The standard InChI is InChI=1S/C17H15NO2/c1-12-5-4-6-13(9-12)10-18-11-15(17(19)20)14-7-2-3-8-16(14)18/h2-9,11H,10H2,1H3,(H,19,20). The molecule has 0 saturated carbocycles. The summed E-state index contributed by atoms with van der Waals surface area (Å²) >= 11 is 0. The molecular formula is C17H15NO2. The number of para-hydroxylation sites is 1. The van der Waals surface area contributed by atoms with Crippen LogP contribution in [0.1, 0.15) is 21.5 Å². The van der Waals surface area contributed by atoms with Gasteiger partial charge in [-0.15, -0.1) is 0 Å². The molecule has 0 radical (unpaired) electrons. The van der Waals surface area contributed by atoms with Crippen molar-refractivity contribution in [2.24, 2.45) is 0 Å². The quantitative estimate of drug-likeness (QED) is 0.784. The van der Waals surface area contributed by atoms with Crippen LogP contribution in [0.5, 0.6) is 0 Å². The third kappa shape index (κ3) is 2.18. The molecular weight excluding hydrogens is 250 g/mol. The minimum atomic E-state index is -0.885. The van der Waals surface area contributed by atoms with Crippen molar-refractivity contribution in [1.29, 1.82) is 0 Å². The maximum atomic E-state index is 11.3. The summed E-state index contributed by atoms with van der Waals surface area (Å²) in [4.78, 5) is 11.3. The summed E-state index contributed by atoms with van der Waals surface area (Å²) in [6.45, 7) is 2.73. The van der Waals surface area contributed by atoms with Gasteiger partial charge in [0.15, 0.2) is 0 Å². The van der Waals surface area contributed by atoms with Gasteiger partial charge in [-0.05, 0) is 18.6 Å². The van der Waals surface area contributed by atoms with Crippen molar-refractivity contribution in [1.82, 2.24) is 4.57 Å². The van der Waals surface area contributed by atoms with Gasteiger partial charge in [-0.1, -0.05) is 48.0 Å². The van der Waals surface area contributed by atoms with E-state index in [0.29, 0.717) is 12.1 Å². The normalized spacial score (nSPS) is 10.8. The van der Waals surface area contributed by atoms with Gasteiger partial charge in [-0.2, -0.15) is 0 Å². The van der Waals surface area contributed by atoms with E-state index in [4.69, 9.17) is 0 Å². The minimum absolute atomic E-state index is 0.355. The molecule has 0 aliphatic heterocycles. The Morgan fingerprint density at radius 1 is 1.15 bits per heavy atom. The average molecular weight is 265 g/mol. The van der Waals surface area contributed by atoms with Gasteiger partial charge in [0, 0.05) is 23.6 Å². The second kappa shape index (κ2) is 4.85. The molecule has 0 atom stereocenters. The maximum absolute atomic E-state index is 11.3. The van der Waals surface area contributed by atoms with E-state index in [0.717, 1.165) is 10.9 Å². The Morgan fingerprint density at radius 3 is 2.70 bits per heavy atom. The highest BCUT2D eigenvalue weighted by Crippen LogP contribution is 2.22. The first kappa shape index (κ1) is 12.5. The summed E-state index contributed by atoms with van der Waals surface area (Å²) in [5.41, 5.74) is 3.68. The van der Waals surface area contributed by atoms with Gasteiger partial charge in [-0.3, -0.25) is 0 Å². The first-order valence-corrected chi connectivity index (χ1v) is 6.52. The van der Waals surface area contributed by atoms with Crippen LogP contribution in [0.2, 0.25) is 0 Å². The van der Waals surface area contributed by atoms with E-state index in [1.807, 2.05) is 34.9 Å². The van der Waals surface area contributed by atoms with Crippen LogP contribution in [0.3, 0.4) is 0 Å². The van der Waals surface area contributed by atoms with Crippen molar-refractivity contribution in [3.63, 3.8) is 0 Å². The molecule has 3 nitrogen and oxygen atoms in total. The van der Waals surface area contributed by atoms with Crippen molar-refractivity contribution < 1.29 is 9.90 Å². The first-order chi connectivity index (χ1) is 9.65. The fourth-order valence-corrected chi connectivity index (χ4v) is 2.56. The molecule has 0 spiro atoms. The number of aromatic carboxylic acids is 1. The molecule has 0 amide bonds. The third-order valence-corrected chi connectivity index (χ3v) is 3.45. The predicted molar refractivity (Wildman–Crippen MR) is 79.2 cm³/mol. The number of carbonyl (C=O) groups is 1. The zero-order valence-electron chi connectivity index (χ0n) is 11.2. The number of fused-ring (bicyclic) bond motifs is 1. The highest BCUT2D eigenvalue weighted by molar-refractivity contribution is 6.03. The number of aryl methyl sites for hydroxylation is 1. The molecule has 1 aromatic heterocycles. The van der Waals surface area contributed by atoms with Crippen molar-refractivity contribution in [2.75, 3.05) is 0 Å². The second-order valence-electron chi connectivity index (χ2n) is 4.98. The van der Waals surface area contributed by atoms with Crippen LogP contribution in [0.25, 0.3) is 10.9 Å². The summed E-state index contributed by atoms with van der Waals surface area (Å²) in [5.74, 6) is -0.885. The van der Waals surface area contributed by atoms with E-state index in [2.05, 4.69) is 25.1 Å². The number of carboxylic acid groups (broad SMARTS) is 1. The second-order valence-corrected chi connectivity index (χ2v) is 4.98. The first-order valence-electron chi connectivity index (χ1n) is 6.52. The Hall–Kier alpha value is -2.55. The van der Waals surface area contributed by atoms with Crippen LogP contribution in [-0.4, -0.2) is 15.6 Å². The predicted octanol–water partition coefficient (Wildman–Crippen LogP) is 3.70. The number of hydrogen-bond acceptors (Lipinski definition) is 1. The molecule has 1 heterocycles. The number of hydrogen-bond donors (Lipinski definition) is 1. The van der Waals surface area contributed by atoms with E-state index in [9.17, 15) is 9.90 Å². The Bertz CT molecular complexity index is 787. The molecule has 0 aliphatic carbocycles. The number of rotatable bonds is 3. The van der Waals surface area contributed by atoms with Gasteiger partial charge in [0.25, 0.3) is 0 Å². The zero-order valence-corrected chi connectivity index (χ0v) is 11.2. The lowest BCUT2D eigenvalue weighted by molar-refractivity contribution is 0.0699. The van der Waals surface area contributed by atoms with Crippen LogP contribution in [0.15, 0.2) is 54.7 Å². The molecule has 1 N–H and O–H groups in total. The van der Waals surface area contributed by atoms with E-state index < -0.39 is 5.97 Å². The molecule has 3 rings (SSSR count). The number of nitrogens with zero attached hydrogens (tertiary/aromatic N) is 1. The molecule has 2 aromatic carbocycles. The molecule has 20 heavy (non-hydrogen) atoms.